The Morgan fingerprint density at radius 3 is 2.20 bits per heavy atom. The zero-order valence-corrected chi connectivity index (χ0v) is 16.7. The number of carbonyl (C=O) groups excluding carboxylic acids is 1. The average molecular weight is 347 g/mol. The van der Waals surface area contributed by atoms with Crippen LogP contribution in [-0.4, -0.2) is 34.7 Å². The average Bonchev–Trinajstić information content (AvgIpc) is 2.53. The summed E-state index contributed by atoms with van der Waals surface area (Å²) in [4.78, 5) is 14.8. The van der Waals surface area contributed by atoms with Crippen molar-refractivity contribution in [2.45, 2.75) is 78.7 Å². The maximum atomic E-state index is 12.3. The van der Waals surface area contributed by atoms with Gasteiger partial charge in [-0.25, -0.2) is 4.79 Å². The molecular formula is C21H34N2O2. The van der Waals surface area contributed by atoms with E-state index < -0.39 is 5.60 Å². The Hall–Kier alpha value is -1.55. The molecule has 1 amide bonds. The summed E-state index contributed by atoms with van der Waals surface area (Å²) in [6.07, 6.45) is -0.322. The molecule has 0 unspecified atom stereocenters. The SMILES string of the molecule is C[C@@H]1[C@H](C)[C@@H](C)N(Cc2ccccc2)[C@@H](C)[C@H]1NC(=O)OC(C)(C)C. The van der Waals surface area contributed by atoms with E-state index in [0.717, 1.165) is 6.54 Å². The monoisotopic (exact) mass is 346 g/mol. The number of benzene rings is 1. The molecule has 1 heterocycles. The molecule has 5 atom stereocenters. The number of likely N-dealkylation sites (tertiary alicyclic amines) is 1. The molecule has 1 aliphatic heterocycles. The lowest BCUT2D eigenvalue weighted by Gasteiger charge is -2.50. The fourth-order valence-electron chi connectivity index (χ4n) is 3.86. The summed E-state index contributed by atoms with van der Waals surface area (Å²) < 4.78 is 5.48. The van der Waals surface area contributed by atoms with E-state index in [1.54, 1.807) is 0 Å². The van der Waals surface area contributed by atoms with Gasteiger partial charge in [-0.15, -0.1) is 0 Å². The van der Waals surface area contributed by atoms with E-state index in [-0.39, 0.29) is 18.2 Å². The molecule has 140 valence electrons. The highest BCUT2D eigenvalue weighted by atomic mass is 16.6. The minimum Gasteiger partial charge on any atom is -0.444 e. The molecule has 1 aromatic carbocycles. The second kappa shape index (κ2) is 7.77. The maximum Gasteiger partial charge on any atom is 0.407 e. The lowest BCUT2D eigenvalue weighted by molar-refractivity contribution is -0.0118. The first kappa shape index (κ1) is 19.8. The van der Waals surface area contributed by atoms with Gasteiger partial charge in [0.15, 0.2) is 0 Å². The predicted molar refractivity (Wildman–Crippen MR) is 102 cm³/mol. The summed E-state index contributed by atoms with van der Waals surface area (Å²) in [7, 11) is 0. The minimum atomic E-state index is -0.478. The number of piperidine rings is 1. The number of hydrogen-bond acceptors (Lipinski definition) is 3. The van der Waals surface area contributed by atoms with E-state index in [2.05, 4.69) is 62.2 Å². The standard InChI is InChI=1S/C21H34N2O2/c1-14-15(2)19(22-20(24)25-21(5,6)7)17(4)23(16(14)3)13-18-11-9-8-10-12-18/h8-12,14-17,19H,13H2,1-7H3,(H,22,24)/t14-,15+,16+,17-,19-/m0/s1. The van der Waals surface area contributed by atoms with Crippen molar-refractivity contribution in [2.75, 3.05) is 0 Å². The van der Waals surface area contributed by atoms with Gasteiger partial charge in [0.05, 0.1) is 6.04 Å². The fourth-order valence-corrected chi connectivity index (χ4v) is 3.86. The summed E-state index contributed by atoms with van der Waals surface area (Å²) in [5, 5.41) is 3.14. The molecule has 25 heavy (non-hydrogen) atoms. The number of nitrogens with one attached hydrogen (secondary N) is 1. The molecule has 0 aromatic heterocycles. The number of carbonyl (C=O) groups is 1. The van der Waals surface area contributed by atoms with Crippen molar-refractivity contribution >= 4 is 6.09 Å². The number of hydrogen-bond donors (Lipinski definition) is 1. The number of amides is 1. The van der Waals surface area contributed by atoms with Crippen LogP contribution in [0.3, 0.4) is 0 Å². The third-order valence-corrected chi connectivity index (χ3v) is 5.61. The highest BCUT2D eigenvalue weighted by Crippen LogP contribution is 2.34. The van der Waals surface area contributed by atoms with E-state index in [0.29, 0.717) is 17.9 Å². The van der Waals surface area contributed by atoms with Gasteiger partial charge in [0.25, 0.3) is 0 Å². The number of nitrogens with zero attached hydrogens (tertiary/aromatic N) is 1. The van der Waals surface area contributed by atoms with Gasteiger partial charge in [-0.2, -0.15) is 0 Å². The highest BCUT2D eigenvalue weighted by Gasteiger charge is 2.42. The van der Waals surface area contributed by atoms with Crippen LogP contribution in [0.5, 0.6) is 0 Å². The smallest absolute Gasteiger partial charge is 0.407 e. The molecule has 1 saturated heterocycles. The molecule has 1 aromatic rings. The molecule has 0 bridgehead atoms. The van der Waals surface area contributed by atoms with Gasteiger partial charge in [0.2, 0.25) is 0 Å². The van der Waals surface area contributed by atoms with E-state index >= 15 is 0 Å². The van der Waals surface area contributed by atoms with E-state index in [4.69, 9.17) is 4.74 Å². The van der Waals surface area contributed by atoms with Gasteiger partial charge in [-0.05, 0) is 52.0 Å². The Balaban J connectivity index is 2.14. The summed E-state index contributed by atoms with van der Waals surface area (Å²) in [5.74, 6) is 0.879. The van der Waals surface area contributed by atoms with E-state index in [9.17, 15) is 4.79 Å². The molecule has 0 spiro atoms. The normalized spacial score (nSPS) is 30.8. The lowest BCUT2D eigenvalue weighted by atomic mass is 9.76. The Kier molecular flexibility index (Phi) is 6.15. The molecule has 0 radical (unpaired) electrons. The van der Waals surface area contributed by atoms with Crippen molar-refractivity contribution in [1.29, 1.82) is 0 Å². The Morgan fingerprint density at radius 2 is 1.64 bits per heavy atom. The molecule has 4 heteroatoms. The molecule has 0 aliphatic carbocycles. The summed E-state index contributed by atoms with van der Waals surface area (Å²) in [6.45, 7) is 15.6. The Bertz CT molecular complexity index is 567. The van der Waals surface area contributed by atoms with Crippen LogP contribution in [0.25, 0.3) is 0 Å². The van der Waals surface area contributed by atoms with Crippen molar-refractivity contribution in [3.8, 4) is 0 Å². The molecule has 1 N–H and O–H groups in total. The lowest BCUT2D eigenvalue weighted by Crippen LogP contribution is -2.63. The molecule has 0 saturated carbocycles. The zero-order valence-electron chi connectivity index (χ0n) is 16.7. The quantitative estimate of drug-likeness (QED) is 0.879. The number of ether oxygens (including phenoxy) is 1. The van der Waals surface area contributed by atoms with Crippen LogP contribution in [0.1, 0.15) is 54.0 Å². The molecule has 4 nitrogen and oxygen atoms in total. The molecular weight excluding hydrogens is 312 g/mol. The van der Waals surface area contributed by atoms with Crippen molar-refractivity contribution in [3.05, 3.63) is 35.9 Å². The van der Waals surface area contributed by atoms with E-state index in [1.165, 1.54) is 5.56 Å². The largest absolute Gasteiger partial charge is 0.444 e. The van der Waals surface area contributed by atoms with Crippen LogP contribution in [0.4, 0.5) is 4.79 Å². The van der Waals surface area contributed by atoms with Gasteiger partial charge in [-0.1, -0.05) is 44.2 Å². The van der Waals surface area contributed by atoms with Crippen LogP contribution in [0, 0.1) is 11.8 Å². The van der Waals surface area contributed by atoms with Crippen LogP contribution in [0.15, 0.2) is 30.3 Å². The summed E-state index contributed by atoms with van der Waals surface area (Å²) >= 11 is 0. The molecule has 1 aliphatic rings. The van der Waals surface area contributed by atoms with Crippen molar-refractivity contribution in [3.63, 3.8) is 0 Å². The van der Waals surface area contributed by atoms with Gasteiger partial charge < -0.3 is 10.1 Å². The Morgan fingerprint density at radius 1 is 1.04 bits per heavy atom. The third kappa shape index (κ3) is 4.97. The van der Waals surface area contributed by atoms with E-state index in [1.807, 2.05) is 26.8 Å². The van der Waals surface area contributed by atoms with Crippen molar-refractivity contribution in [2.24, 2.45) is 11.8 Å². The fraction of sp³-hybridized carbons (Fsp3) is 0.667. The first-order valence-electron chi connectivity index (χ1n) is 9.39. The summed E-state index contributed by atoms with van der Waals surface area (Å²) in [5.41, 5.74) is 0.826. The zero-order chi connectivity index (χ0) is 18.8. The molecule has 1 fully saturated rings. The first-order chi connectivity index (χ1) is 11.6. The van der Waals surface area contributed by atoms with Gasteiger partial charge in [0, 0.05) is 18.6 Å². The van der Waals surface area contributed by atoms with Crippen LogP contribution >= 0.6 is 0 Å². The van der Waals surface area contributed by atoms with Crippen LogP contribution in [-0.2, 0) is 11.3 Å². The van der Waals surface area contributed by atoms with Crippen LogP contribution < -0.4 is 5.32 Å². The third-order valence-electron chi connectivity index (χ3n) is 5.61. The van der Waals surface area contributed by atoms with Crippen molar-refractivity contribution in [1.82, 2.24) is 10.2 Å². The maximum absolute atomic E-state index is 12.3. The minimum absolute atomic E-state index is 0.0739. The first-order valence-corrected chi connectivity index (χ1v) is 9.39. The molecule has 2 rings (SSSR count). The van der Waals surface area contributed by atoms with Gasteiger partial charge in [0.1, 0.15) is 5.60 Å². The van der Waals surface area contributed by atoms with Gasteiger partial charge >= 0.3 is 6.09 Å². The number of rotatable bonds is 3. The second-order valence-corrected chi connectivity index (χ2v) is 8.53. The van der Waals surface area contributed by atoms with Crippen molar-refractivity contribution < 1.29 is 9.53 Å². The topological polar surface area (TPSA) is 41.6 Å². The number of alkyl carbamates (subject to hydrolysis) is 1. The second-order valence-electron chi connectivity index (χ2n) is 8.53. The van der Waals surface area contributed by atoms with Gasteiger partial charge in [-0.3, -0.25) is 4.90 Å². The predicted octanol–water partition coefficient (Wildman–Crippen LogP) is 4.44. The Labute approximate surface area is 152 Å². The summed E-state index contributed by atoms with van der Waals surface area (Å²) in [6, 6.07) is 11.3. The highest BCUT2D eigenvalue weighted by molar-refractivity contribution is 5.68. The van der Waals surface area contributed by atoms with Crippen LogP contribution in [0.2, 0.25) is 0 Å².